The number of aromatic amines is 1. The van der Waals surface area contributed by atoms with Gasteiger partial charge < -0.3 is 24.2 Å². The first kappa shape index (κ1) is 17.8. The lowest BCUT2D eigenvalue weighted by molar-refractivity contribution is 0.0998. The number of amides is 1. The van der Waals surface area contributed by atoms with E-state index in [0.29, 0.717) is 28.6 Å². The zero-order valence-electron chi connectivity index (χ0n) is 16.0. The maximum absolute atomic E-state index is 12.6. The molecule has 0 atom stereocenters. The number of anilines is 1. The van der Waals surface area contributed by atoms with Crippen molar-refractivity contribution in [1.29, 1.82) is 0 Å². The molecule has 0 aliphatic heterocycles. The summed E-state index contributed by atoms with van der Waals surface area (Å²) in [6, 6.07) is 18.3. The van der Waals surface area contributed by atoms with E-state index in [1.165, 1.54) is 6.20 Å². The Balaban J connectivity index is 1.32. The number of fused-ring (bicyclic) bond motifs is 2. The van der Waals surface area contributed by atoms with Crippen molar-refractivity contribution < 1.29 is 18.7 Å². The van der Waals surface area contributed by atoms with Gasteiger partial charge in [-0.3, -0.25) is 4.79 Å². The van der Waals surface area contributed by atoms with Gasteiger partial charge in [-0.05, 0) is 36.4 Å². The van der Waals surface area contributed by atoms with Crippen LogP contribution in [0.2, 0.25) is 0 Å². The minimum atomic E-state index is -0.374. The molecule has 3 heterocycles. The van der Waals surface area contributed by atoms with E-state index in [4.69, 9.17) is 13.9 Å². The molecule has 0 aliphatic rings. The van der Waals surface area contributed by atoms with Gasteiger partial charge in [-0.15, -0.1) is 0 Å². The molecule has 0 spiro atoms. The quantitative estimate of drug-likeness (QED) is 0.415. The van der Waals surface area contributed by atoms with Crippen molar-refractivity contribution in [2.75, 3.05) is 12.4 Å². The number of rotatable bonds is 5. The molecular weight excluding hydrogens is 382 g/mol. The topological polar surface area (TPSA) is 89.4 Å². The van der Waals surface area contributed by atoms with E-state index in [9.17, 15) is 4.79 Å². The van der Waals surface area contributed by atoms with Crippen molar-refractivity contribution >= 4 is 33.5 Å². The van der Waals surface area contributed by atoms with Crippen LogP contribution in [0, 0.1) is 0 Å². The molecule has 0 bridgehead atoms. The van der Waals surface area contributed by atoms with Gasteiger partial charge in [0.1, 0.15) is 5.75 Å². The summed E-state index contributed by atoms with van der Waals surface area (Å²) in [5, 5.41) is 4.54. The minimum Gasteiger partial charge on any atom is -0.493 e. The molecule has 7 nitrogen and oxygen atoms in total. The molecule has 5 aromatic rings. The van der Waals surface area contributed by atoms with Crippen LogP contribution in [0.5, 0.6) is 17.4 Å². The van der Waals surface area contributed by atoms with E-state index in [1.54, 1.807) is 31.4 Å². The summed E-state index contributed by atoms with van der Waals surface area (Å²) in [5.74, 6) is 1.52. The van der Waals surface area contributed by atoms with Gasteiger partial charge in [-0.25, -0.2) is 4.98 Å². The first-order chi connectivity index (χ1) is 14.7. The average Bonchev–Trinajstić information content (AvgIpc) is 3.42. The molecule has 0 aliphatic carbocycles. The second-order valence-corrected chi connectivity index (χ2v) is 6.63. The first-order valence-corrected chi connectivity index (χ1v) is 9.29. The number of furan rings is 1. The van der Waals surface area contributed by atoms with Crippen molar-refractivity contribution in [3.05, 3.63) is 78.8 Å². The predicted molar refractivity (Wildman–Crippen MR) is 113 cm³/mol. The standard InChI is InChI=1S/C23H17N3O4/c1-28-19-7-2-4-14-12-20(30-22(14)19)23(27)26-15-8-9-21(25-13-15)29-18-6-3-5-17-16(18)10-11-24-17/h2-13,24H,1H3,(H,26,27). The van der Waals surface area contributed by atoms with E-state index in [1.807, 2.05) is 42.6 Å². The van der Waals surface area contributed by atoms with E-state index >= 15 is 0 Å². The van der Waals surface area contributed by atoms with Crippen molar-refractivity contribution in [2.45, 2.75) is 0 Å². The SMILES string of the molecule is COc1cccc2cc(C(=O)Nc3ccc(Oc4cccc5[nH]ccc45)nc3)oc12. The summed E-state index contributed by atoms with van der Waals surface area (Å²) in [7, 11) is 1.56. The Morgan fingerprint density at radius 1 is 1.07 bits per heavy atom. The fourth-order valence-electron chi connectivity index (χ4n) is 3.27. The van der Waals surface area contributed by atoms with Crippen LogP contribution in [-0.2, 0) is 0 Å². The Kier molecular flexibility index (Phi) is 4.33. The van der Waals surface area contributed by atoms with Crippen molar-refractivity contribution in [2.24, 2.45) is 0 Å². The second-order valence-electron chi connectivity index (χ2n) is 6.63. The summed E-state index contributed by atoms with van der Waals surface area (Å²) in [6.45, 7) is 0. The van der Waals surface area contributed by atoms with Gasteiger partial charge in [-0.1, -0.05) is 18.2 Å². The number of methoxy groups -OCH3 is 1. The lowest BCUT2D eigenvalue weighted by atomic mass is 10.2. The molecule has 0 radical (unpaired) electrons. The van der Waals surface area contributed by atoms with Gasteiger partial charge in [0.25, 0.3) is 5.91 Å². The van der Waals surface area contributed by atoms with Crippen LogP contribution < -0.4 is 14.8 Å². The predicted octanol–water partition coefficient (Wildman–Crippen LogP) is 5.36. The molecule has 148 valence electrons. The van der Waals surface area contributed by atoms with Gasteiger partial charge >= 0.3 is 0 Å². The number of hydrogen-bond donors (Lipinski definition) is 2. The van der Waals surface area contributed by atoms with E-state index in [2.05, 4.69) is 15.3 Å². The third-order valence-electron chi connectivity index (χ3n) is 4.72. The Morgan fingerprint density at radius 3 is 2.77 bits per heavy atom. The average molecular weight is 399 g/mol. The number of ether oxygens (including phenoxy) is 2. The zero-order chi connectivity index (χ0) is 20.5. The summed E-state index contributed by atoms with van der Waals surface area (Å²) in [6.07, 6.45) is 3.39. The highest BCUT2D eigenvalue weighted by Crippen LogP contribution is 2.30. The van der Waals surface area contributed by atoms with Gasteiger partial charge in [0.2, 0.25) is 5.88 Å². The largest absolute Gasteiger partial charge is 0.493 e. The molecule has 3 aromatic heterocycles. The van der Waals surface area contributed by atoms with E-state index in [0.717, 1.165) is 16.3 Å². The summed E-state index contributed by atoms with van der Waals surface area (Å²) in [4.78, 5) is 20.0. The van der Waals surface area contributed by atoms with Crippen LogP contribution in [0.4, 0.5) is 5.69 Å². The number of nitrogens with one attached hydrogen (secondary N) is 2. The highest BCUT2D eigenvalue weighted by atomic mass is 16.5. The van der Waals surface area contributed by atoms with Crippen LogP contribution in [0.3, 0.4) is 0 Å². The molecule has 2 N–H and O–H groups in total. The minimum absolute atomic E-state index is 0.189. The highest BCUT2D eigenvalue weighted by molar-refractivity contribution is 6.05. The Bertz CT molecular complexity index is 1350. The Labute approximate surface area is 171 Å². The number of H-pyrrole nitrogens is 1. The maximum Gasteiger partial charge on any atom is 0.291 e. The lowest BCUT2D eigenvalue weighted by Gasteiger charge is -2.07. The number of aromatic nitrogens is 2. The summed E-state index contributed by atoms with van der Waals surface area (Å²) in [5.41, 5.74) is 2.05. The van der Waals surface area contributed by atoms with Crippen LogP contribution in [-0.4, -0.2) is 23.0 Å². The number of carbonyl (C=O) groups excluding carboxylic acids is 1. The van der Waals surface area contributed by atoms with Crippen LogP contribution in [0.15, 0.2) is 77.5 Å². The zero-order valence-corrected chi connectivity index (χ0v) is 16.0. The fourth-order valence-corrected chi connectivity index (χ4v) is 3.27. The monoisotopic (exact) mass is 399 g/mol. The number of para-hydroxylation sites is 1. The molecule has 0 fully saturated rings. The second kappa shape index (κ2) is 7.29. The molecule has 1 amide bonds. The van der Waals surface area contributed by atoms with Gasteiger partial charge in [-0.2, -0.15) is 0 Å². The van der Waals surface area contributed by atoms with E-state index in [-0.39, 0.29) is 11.7 Å². The fraction of sp³-hybridized carbons (Fsp3) is 0.0435. The van der Waals surface area contributed by atoms with Crippen molar-refractivity contribution in [3.63, 3.8) is 0 Å². The highest BCUT2D eigenvalue weighted by Gasteiger charge is 2.15. The van der Waals surface area contributed by atoms with Crippen LogP contribution in [0.1, 0.15) is 10.6 Å². The van der Waals surface area contributed by atoms with Gasteiger partial charge in [0, 0.05) is 28.6 Å². The Morgan fingerprint density at radius 2 is 1.93 bits per heavy atom. The van der Waals surface area contributed by atoms with Crippen molar-refractivity contribution in [3.8, 4) is 17.4 Å². The maximum atomic E-state index is 12.6. The van der Waals surface area contributed by atoms with Crippen LogP contribution in [0.25, 0.3) is 21.9 Å². The molecule has 0 saturated heterocycles. The first-order valence-electron chi connectivity index (χ1n) is 9.29. The molecule has 0 unspecified atom stereocenters. The number of pyridine rings is 1. The van der Waals surface area contributed by atoms with Gasteiger partial charge in [0.15, 0.2) is 17.1 Å². The van der Waals surface area contributed by atoms with Crippen LogP contribution >= 0.6 is 0 Å². The molecule has 30 heavy (non-hydrogen) atoms. The lowest BCUT2D eigenvalue weighted by Crippen LogP contribution is -2.10. The normalized spacial score (nSPS) is 11.0. The van der Waals surface area contributed by atoms with Crippen molar-refractivity contribution in [1.82, 2.24) is 9.97 Å². The van der Waals surface area contributed by atoms with E-state index < -0.39 is 0 Å². The number of nitrogens with zero attached hydrogens (tertiary/aromatic N) is 1. The molecule has 5 rings (SSSR count). The summed E-state index contributed by atoms with van der Waals surface area (Å²) < 4.78 is 16.8. The summed E-state index contributed by atoms with van der Waals surface area (Å²) >= 11 is 0. The third kappa shape index (κ3) is 3.22. The number of hydrogen-bond acceptors (Lipinski definition) is 5. The Hall–Kier alpha value is -4.26. The smallest absolute Gasteiger partial charge is 0.291 e. The molecule has 0 saturated carbocycles. The molecule has 2 aromatic carbocycles. The third-order valence-corrected chi connectivity index (χ3v) is 4.72. The number of carbonyl (C=O) groups is 1. The van der Waals surface area contributed by atoms with Gasteiger partial charge in [0.05, 0.1) is 19.0 Å². The molecular formula is C23H17N3O4. The number of benzene rings is 2. The molecule has 7 heteroatoms.